The van der Waals surface area contributed by atoms with Crippen molar-refractivity contribution in [2.75, 3.05) is 25.5 Å². The molecule has 0 saturated carbocycles. The zero-order chi connectivity index (χ0) is 17.9. The zero-order valence-electron chi connectivity index (χ0n) is 13.7. The van der Waals surface area contributed by atoms with Gasteiger partial charge in [-0.15, -0.1) is 0 Å². The maximum atomic E-state index is 12.7. The molecule has 134 valence electrons. The molecule has 0 radical (unpaired) electrons. The fourth-order valence-electron chi connectivity index (χ4n) is 2.74. The molecule has 0 unspecified atom stereocenters. The number of piperidine rings is 1. The molecule has 1 fully saturated rings. The number of methoxy groups -OCH3 is 1. The van der Waals surface area contributed by atoms with Crippen LogP contribution < -0.4 is 10.1 Å². The number of hydrogen-bond donors (Lipinski definition) is 1. The van der Waals surface area contributed by atoms with E-state index < -0.39 is 10.0 Å². The van der Waals surface area contributed by atoms with E-state index in [1.165, 1.54) is 22.8 Å². The molecule has 0 bridgehead atoms. The van der Waals surface area contributed by atoms with Gasteiger partial charge in [0.05, 0.1) is 12.0 Å². The summed E-state index contributed by atoms with van der Waals surface area (Å²) in [6.45, 7) is 0.899. The minimum absolute atomic E-state index is 0.149. The summed E-state index contributed by atoms with van der Waals surface area (Å²) < 4.78 is 31.9. The quantitative estimate of drug-likeness (QED) is 0.854. The molecular weight excluding hydrogens is 364 g/mol. The Balaban J connectivity index is 1.62. The summed E-state index contributed by atoms with van der Waals surface area (Å²) in [6, 6.07) is 8.12. The van der Waals surface area contributed by atoms with Gasteiger partial charge in [0.1, 0.15) is 12.1 Å². The SMILES string of the molecule is COc1cc(NC2CCN(S(=O)(=O)c3ccc(Cl)cc3)CC2)ncn1. The molecule has 0 spiro atoms. The molecule has 1 aliphatic heterocycles. The van der Waals surface area contributed by atoms with Crippen LogP contribution in [0.1, 0.15) is 12.8 Å². The van der Waals surface area contributed by atoms with Crippen LogP contribution in [0.15, 0.2) is 41.6 Å². The average molecular weight is 383 g/mol. The predicted octanol–water partition coefficient (Wildman–Crippen LogP) is 2.40. The third-order valence-corrected chi connectivity index (χ3v) is 6.27. The summed E-state index contributed by atoms with van der Waals surface area (Å²) >= 11 is 5.83. The van der Waals surface area contributed by atoms with Crippen LogP contribution in [0.3, 0.4) is 0 Å². The van der Waals surface area contributed by atoms with E-state index in [1.807, 2.05) is 0 Å². The van der Waals surface area contributed by atoms with Gasteiger partial charge in [0.15, 0.2) is 0 Å². The third kappa shape index (κ3) is 4.20. The van der Waals surface area contributed by atoms with E-state index in [0.29, 0.717) is 42.7 Å². The van der Waals surface area contributed by atoms with Crippen molar-refractivity contribution in [3.63, 3.8) is 0 Å². The Morgan fingerprint density at radius 1 is 1.20 bits per heavy atom. The topological polar surface area (TPSA) is 84.4 Å². The first kappa shape index (κ1) is 17.9. The number of ether oxygens (including phenoxy) is 1. The monoisotopic (exact) mass is 382 g/mol. The number of anilines is 1. The Morgan fingerprint density at radius 3 is 2.52 bits per heavy atom. The molecule has 2 heterocycles. The molecule has 9 heteroatoms. The second-order valence-electron chi connectivity index (χ2n) is 5.72. The maximum Gasteiger partial charge on any atom is 0.243 e. The Hall–Kier alpha value is -1.90. The van der Waals surface area contributed by atoms with E-state index in [1.54, 1.807) is 25.3 Å². The van der Waals surface area contributed by atoms with Crippen molar-refractivity contribution in [2.45, 2.75) is 23.8 Å². The molecule has 0 atom stereocenters. The predicted molar refractivity (Wildman–Crippen MR) is 95.4 cm³/mol. The van der Waals surface area contributed by atoms with E-state index in [2.05, 4.69) is 15.3 Å². The second-order valence-corrected chi connectivity index (χ2v) is 8.10. The van der Waals surface area contributed by atoms with Crippen molar-refractivity contribution in [1.29, 1.82) is 0 Å². The zero-order valence-corrected chi connectivity index (χ0v) is 15.3. The minimum atomic E-state index is -3.48. The first-order valence-corrected chi connectivity index (χ1v) is 9.69. The van der Waals surface area contributed by atoms with Crippen molar-refractivity contribution in [3.8, 4) is 5.88 Å². The van der Waals surface area contributed by atoms with Gasteiger partial charge in [-0.3, -0.25) is 0 Å². The molecule has 2 aromatic rings. The van der Waals surface area contributed by atoms with E-state index in [4.69, 9.17) is 16.3 Å². The van der Waals surface area contributed by atoms with Crippen LogP contribution in [0.25, 0.3) is 0 Å². The van der Waals surface area contributed by atoms with Gasteiger partial charge in [0.2, 0.25) is 15.9 Å². The van der Waals surface area contributed by atoms with Crippen molar-refractivity contribution >= 4 is 27.4 Å². The lowest BCUT2D eigenvalue weighted by Gasteiger charge is -2.31. The van der Waals surface area contributed by atoms with Crippen LogP contribution in [0.4, 0.5) is 5.82 Å². The van der Waals surface area contributed by atoms with E-state index in [-0.39, 0.29) is 10.9 Å². The van der Waals surface area contributed by atoms with Gasteiger partial charge < -0.3 is 10.1 Å². The fraction of sp³-hybridized carbons (Fsp3) is 0.375. The molecular formula is C16H19ClN4O3S. The Bertz CT molecular complexity index is 822. The number of benzene rings is 1. The highest BCUT2D eigenvalue weighted by atomic mass is 35.5. The third-order valence-electron chi connectivity index (χ3n) is 4.11. The average Bonchev–Trinajstić information content (AvgIpc) is 2.63. The molecule has 1 aromatic heterocycles. The van der Waals surface area contributed by atoms with Crippen LogP contribution in [0.5, 0.6) is 5.88 Å². The first-order valence-electron chi connectivity index (χ1n) is 7.87. The van der Waals surface area contributed by atoms with Gasteiger partial charge in [-0.1, -0.05) is 11.6 Å². The summed E-state index contributed by atoms with van der Waals surface area (Å²) in [6.07, 6.45) is 2.82. The van der Waals surface area contributed by atoms with Crippen molar-refractivity contribution in [1.82, 2.24) is 14.3 Å². The summed E-state index contributed by atoms with van der Waals surface area (Å²) in [5.41, 5.74) is 0. The van der Waals surface area contributed by atoms with Crippen molar-refractivity contribution in [2.24, 2.45) is 0 Å². The largest absolute Gasteiger partial charge is 0.481 e. The van der Waals surface area contributed by atoms with Crippen LogP contribution in [-0.4, -0.2) is 48.9 Å². The Morgan fingerprint density at radius 2 is 1.88 bits per heavy atom. The van der Waals surface area contributed by atoms with Gasteiger partial charge in [-0.05, 0) is 37.1 Å². The summed E-state index contributed by atoms with van der Waals surface area (Å²) in [7, 11) is -1.94. The van der Waals surface area contributed by atoms with Gasteiger partial charge >= 0.3 is 0 Å². The molecule has 25 heavy (non-hydrogen) atoms. The number of sulfonamides is 1. The highest BCUT2D eigenvalue weighted by Crippen LogP contribution is 2.23. The molecule has 0 amide bonds. The molecule has 1 saturated heterocycles. The Kier molecular flexibility index (Phi) is 5.41. The normalized spacial score (nSPS) is 16.6. The van der Waals surface area contributed by atoms with Crippen molar-refractivity contribution in [3.05, 3.63) is 41.7 Å². The second kappa shape index (κ2) is 7.55. The number of nitrogens with one attached hydrogen (secondary N) is 1. The molecule has 1 aromatic carbocycles. The van der Waals surface area contributed by atoms with Crippen LogP contribution >= 0.6 is 11.6 Å². The van der Waals surface area contributed by atoms with Crippen LogP contribution in [-0.2, 0) is 10.0 Å². The molecule has 1 N–H and O–H groups in total. The minimum Gasteiger partial charge on any atom is -0.481 e. The molecule has 0 aliphatic carbocycles. The fourth-order valence-corrected chi connectivity index (χ4v) is 4.33. The standard InChI is InChI=1S/C16H19ClN4O3S/c1-24-16-10-15(18-11-19-16)20-13-6-8-21(9-7-13)25(22,23)14-4-2-12(17)3-5-14/h2-5,10-11,13H,6-9H2,1H3,(H,18,19,20). The molecule has 7 nitrogen and oxygen atoms in total. The lowest BCUT2D eigenvalue weighted by atomic mass is 10.1. The maximum absolute atomic E-state index is 12.7. The van der Waals surface area contributed by atoms with E-state index >= 15 is 0 Å². The number of rotatable bonds is 5. The number of aromatic nitrogens is 2. The number of nitrogens with zero attached hydrogens (tertiary/aromatic N) is 3. The first-order chi connectivity index (χ1) is 12.0. The number of halogens is 1. The molecule has 3 rings (SSSR count). The molecule has 1 aliphatic rings. The van der Waals surface area contributed by atoms with Gasteiger partial charge in [-0.2, -0.15) is 4.31 Å². The summed E-state index contributed by atoms with van der Waals surface area (Å²) in [5.74, 6) is 1.16. The van der Waals surface area contributed by atoms with Gasteiger partial charge in [0, 0.05) is 30.2 Å². The highest BCUT2D eigenvalue weighted by molar-refractivity contribution is 7.89. The lowest BCUT2D eigenvalue weighted by molar-refractivity contribution is 0.329. The smallest absolute Gasteiger partial charge is 0.243 e. The summed E-state index contributed by atoms with van der Waals surface area (Å²) in [5, 5.41) is 3.82. The van der Waals surface area contributed by atoms with Gasteiger partial charge in [-0.25, -0.2) is 18.4 Å². The Labute approximate surface area is 152 Å². The number of hydrogen-bond acceptors (Lipinski definition) is 6. The van der Waals surface area contributed by atoms with E-state index in [0.717, 1.165) is 0 Å². The summed E-state index contributed by atoms with van der Waals surface area (Å²) in [4.78, 5) is 8.39. The van der Waals surface area contributed by atoms with Crippen LogP contribution in [0.2, 0.25) is 5.02 Å². The highest BCUT2D eigenvalue weighted by Gasteiger charge is 2.29. The van der Waals surface area contributed by atoms with Crippen molar-refractivity contribution < 1.29 is 13.2 Å². The van der Waals surface area contributed by atoms with Crippen LogP contribution in [0, 0.1) is 0 Å². The van der Waals surface area contributed by atoms with E-state index in [9.17, 15) is 8.42 Å². The lowest BCUT2D eigenvalue weighted by Crippen LogP contribution is -2.42. The van der Waals surface area contributed by atoms with Gasteiger partial charge in [0.25, 0.3) is 0 Å².